The van der Waals surface area contributed by atoms with Gasteiger partial charge in [0.2, 0.25) is 0 Å². The minimum absolute atomic E-state index is 0.330. The van der Waals surface area contributed by atoms with E-state index in [0.717, 1.165) is 19.3 Å². The molecule has 3 N–H and O–H groups in total. The van der Waals surface area contributed by atoms with Crippen molar-refractivity contribution in [2.45, 2.75) is 44.8 Å². The van der Waals surface area contributed by atoms with E-state index in [9.17, 15) is 5.11 Å². The summed E-state index contributed by atoms with van der Waals surface area (Å²) in [5.41, 5.74) is 5.19. The second-order valence-electron chi connectivity index (χ2n) is 3.92. The lowest BCUT2D eigenvalue weighted by Crippen LogP contribution is -2.30. The lowest BCUT2D eigenvalue weighted by atomic mass is 9.90. The third-order valence-corrected chi connectivity index (χ3v) is 2.47. The largest absolute Gasteiger partial charge is 0.390 e. The van der Waals surface area contributed by atoms with Crippen LogP contribution in [0.3, 0.4) is 0 Å². The number of hydrogen-bond acceptors (Lipinski definition) is 2. The van der Waals surface area contributed by atoms with Gasteiger partial charge in [-0.3, -0.25) is 0 Å². The second-order valence-corrected chi connectivity index (χ2v) is 3.92. The van der Waals surface area contributed by atoms with E-state index in [1.54, 1.807) is 0 Å². The van der Waals surface area contributed by atoms with Gasteiger partial charge in [0.1, 0.15) is 0 Å². The van der Waals surface area contributed by atoms with Gasteiger partial charge in [-0.2, -0.15) is 0 Å². The van der Waals surface area contributed by atoms with E-state index < -0.39 is 5.60 Å². The van der Waals surface area contributed by atoms with Crippen LogP contribution in [0.25, 0.3) is 0 Å². The molecule has 1 saturated carbocycles. The zero-order valence-electron chi connectivity index (χ0n) is 6.80. The lowest BCUT2D eigenvalue weighted by molar-refractivity contribution is 0.0195. The van der Waals surface area contributed by atoms with Gasteiger partial charge in [-0.25, -0.2) is 0 Å². The molecular weight excluding hydrogens is 126 g/mol. The molecule has 2 atom stereocenters. The quantitative estimate of drug-likeness (QED) is 0.572. The van der Waals surface area contributed by atoms with Gasteiger partial charge in [0.25, 0.3) is 0 Å². The first-order valence-corrected chi connectivity index (χ1v) is 3.98. The zero-order chi connectivity index (χ0) is 7.78. The molecule has 0 saturated heterocycles. The van der Waals surface area contributed by atoms with Gasteiger partial charge in [0, 0.05) is 6.04 Å². The minimum Gasteiger partial charge on any atom is -0.390 e. The average molecular weight is 143 g/mol. The van der Waals surface area contributed by atoms with E-state index in [1.165, 1.54) is 0 Å². The smallest absolute Gasteiger partial charge is 0.0620 e. The molecule has 0 bridgehead atoms. The molecule has 0 aromatic rings. The average Bonchev–Trinajstić information content (AvgIpc) is 2.11. The number of aliphatic hydroxyl groups is 1. The summed E-state index contributed by atoms with van der Waals surface area (Å²) in [6, 6.07) is 0.330. The molecule has 1 fully saturated rings. The normalized spacial score (nSPS) is 34.8. The summed E-state index contributed by atoms with van der Waals surface area (Å²) >= 11 is 0. The molecule has 0 amide bonds. The van der Waals surface area contributed by atoms with Crippen molar-refractivity contribution < 1.29 is 5.11 Å². The Kier molecular flexibility index (Phi) is 2.02. The Morgan fingerprint density at radius 1 is 1.40 bits per heavy atom. The Labute approximate surface area is 62.4 Å². The Hall–Kier alpha value is -0.0800. The van der Waals surface area contributed by atoms with Crippen LogP contribution in [-0.4, -0.2) is 16.7 Å². The van der Waals surface area contributed by atoms with Crippen LogP contribution in [0, 0.1) is 5.92 Å². The van der Waals surface area contributed by atoms with Crippen molar-refractivity contribution in [3.63, 3.8) is 0 Å². The molecule has 0 aliphatic heterocycles. The predicted molar refractivity (Wildman–Crippen MR) is 41.6 cm³/mol. The molecule has 2 heteroatoms. The van der Waals surface area contributed by atoms with Gasteiger partial charge >= 0.3 is 0 Å². The zero-order valence-corrected chi connectivity index (χ0v) is 6.80. The highest BCUT2D eigenvalue weighted by molar-refractivity contribution is 4.87. The van der Waals surface area contributed by atoms with Crippen LogP contribution in [0.5, 0.6) is 0 Å². The predicted octanol–water partition coefficient (Wildman–Crippen LogP) is 0.885. The van der Waals surface area contributed by atoms with Crippen molar-refractivity contribution in [2.24, 2.45) is 11.7 Å². The van der Waals surface area contributed by atoms with Crippen molar-refractivity contribution in [1.29, 1.82) is 0 Å². The highest BCUT2D eigenvalue weighted by Gasteiger charge is 2.32. The summed E-state index contributed by atoms with van der Waals surface area (Å²) in [5, 5.41) is 9.58. The van der Waals surface area contributed by atoms with Crippen molar-refractivity contribution >= 4 is 0 Å². The van der Waals surface area contributed by atoms with E-state index in [0.29, 0.717) is 12.0 Å². The molecule has 0 radical (unpaired) electrons. The van der Waals surface area contributed by atoms with Crippen LogP contribution >= 0.6 is 0 Å². The van der Waals surface area contributed by atoms with Gasteiger partial charge in [-0.15, -0.1) is 0 Å². The number of nitrogens with two attached hydrogens (primary N) is 1. The summed E-state index contributed by atoms with van der Waals surface area (Å²) in [4.78, 5) is 0. The van der Waals surface area contributed by atoms with Gasteiger partial charge < -0.3 is 10.8 Å². The van der Waals surface area contributed by atoms with Crippen LogP contribution in [0.1, 0.15) is 33.1 Å². The monoisotopic (exact) mass is 143 g/mol. The maximum absolute atomic E-state index is 9.58. The summed E-state index contributed by atoms with van der Waals surface area (Å²) in [6.07, 6.45) is 3.16. The van der Waals surface area contributed by atoms with Crippen molar-refractivity contribution in [1.82, 2.24) is 0 Å². The molecule has 0 spiro atoms. The molecule has 1 rings (SSSR count). The molecule has 60 valence electrons. The van der Waals surface area contributed by atoms with E-state index in [1.807, 2.05) is 13.8 Å². The van der Waals surface area contributed by atoms with Crippen LogP contribution in [0.15, 0.2) is 0 Å². The van der Waals surface area contributed by atoms with Gasteiger partial charge in [-0.05, 0) is 39.0 Å². The Morgan fingerprint density at radius 2 is 2.00 bits per heavy atom. The summed E-state index contributed by atoms with van der Waals surface area (Å²) in [7, 11) is 0. The summed E-state index contributed by atoms with van der Waals surface area (Å²) < 4.78 is 0. The summed E-state index contributed by atoms with van der Waals surface area (Å²) in [5.74, 6) is 0.419. The Balaban J connectivity index is 2.45. The van der Waals surface area contributed by atoms with E-state index in [4.69, 9.17) is 5.73 Å². The van der Waals surface area contributed by atoms with Crippen molar-refractivity contribution in [3.05, 3.63) is 0 Å². The fourth-order valence-corrected chi connectivity index (χ4v) is 1.66. The SMILES string of the molecule is CC(C)(O)C1CCC(N)C1. The first kappa shape index (κ1) is 8.02. The molecular formula is C8H17NO. The van der Waals surface area contributed by atoms with Gasteiger partial charge in [0.05, 0.1) is 5.60 Å². The lowest BCUT2D eigenvalue weighted by Gasteiger charge is -2.24. The van der Waals surface area contributed by atoms with E-state index in [2.05, 4.69) is 0 Å². The maximum Gasteiger partial charge on any atom is 0.0620 e. The third-order valence-electron chi connectivity index (χ3n) is 2.47. The van der Waals surface area contributed by atoms with Crippen LogP contribution in [0.2, 0.25) is 0 Å². The Morgan fingerprint density at radius 3 is 2.20 bits per heavy atom. The minimum atomic E-state index is -0.520. The van der Waals surface area contributed by atoms with E-state index in [-0.39, 0.29) is 0 Å². The third kappa shape index (κ3) is 1.70. The van der Waals surface area contributed by atoms with Crippen molar-refractivity contribution in [2.75, 3.05) is 0 Å². The van der Waals surface area contributed by atoms with Gasteiger partial charge in [-0.1, -0.05) is 0 Å². The fraction of sp³-hybridized carbons (Fsp3) is 1.00. The fourth-order valence-electron chi connectivity index (χ4n) is 1.66. The number of rotatable bonds is 1. The highest BCUT2D eigenvalue weighted by atomic mass is 16.3. The first-order valence-electron chi connectivity index (χ1n) is 3.98. The topological polar surface area (TPSA) is 46.2 Å². The maximum atomic E-state index is 9.58. The van der Waals surface area contributed by atoms with E-state index >= 15 is 0 Å². The summed E-state index contributed by atoms with van der Waals surface area (Å²) in [6.45, 7) is 3.74. The van der Waals surface area contributed by atoms with Crippen molar-refractivity contribution in [3.8, 4) is 0 Å². The highest BCUT2D eigenvalue weighted by Crippen LogP contribution is 2.32. The standard InChI is InChI=1S/C8H17NO/c1-8(2,10)6-3-4-7(9)5-6/h6-7,10H,3-5,9H2,1-2H3. The molecule has 10 heavy (non-hydrogen) atoms. The molecule has 2 nitrogen and oxygen atoms in total. The first-order chi connectivity index (χ1) is 4.50. The number of hydrogen-bond donors (Lipinski definition) is 2. The van der Waals surface area contributed by atoms with Crippen LogP contribution < -0.4 is 5.73 Å². The molecule has 0 heterocycles. The van der Waals surface area contributed by atoms with Crippen LogP contribution in [-0.2, 0) is 0 Å². The van der Waals surface area contributed by atoms with Gasteiger partial charge in [0.15, 0.2) is 0 Å². The molecule has 1 aliphatic rings. The molecule has 1 aliphatic carbocycles. The molecule has 2 unspecified atom stereocenters. The molecule has 0 aromatic carbocycles. The second kappa shape index (κ2) is 2.51. The molecule has 0 aromatic heterocycles. The van der Waals surface area contributed by atoms with Crippen LogP contribution in [0.4, 0.5) is 0 Å². The Bertz CT molecular complexity index is 117.